The predicted molar refractivity (Wildman–Crippen MR) is 125 cm³/mol. The standard InChI is InChI=1S/C22H42N4S2/c1-5-9-13-21(7-3)19-25(17-11-15-23)27-28-26(18-12-16-24)20-22(8-4)14-10-6-2/h21-22H,5-14,17-20H2,1-4H3. The van der Waals surface area contributed by atoms with Gasteiger partial charge in [0.05, 0.1) is 12.1 Å². The summed E-state index contributed by atoms with van der Waals surface area (Å²) >= 11 is 0. The van der Waals surface area contributed by atoms with Crippen molar-refractivity contribution in [1.82, 2.24) is 8.61 Å². The minimum Gasteiger partial charge on any atom is -0.239 e. The van der Waals surface area contributed by atoms with Crippen LogP contribution in [0.4, 0.5) is 0 Å². The third kappa shape index (κ3) is 14.6. The summed E-state index contributed by atoms with van der Waals surface area (Å²) in [6, 6.07) is 4.60. The van der Waals surface area contributed by atoms with Crippen LogP contribution in [0.3, 0.4) is 0 Å². The number of nitriles is 2. The highest BCUT2D eigenvalue weighted by molar-refractivity contribution is 8.74. The summed E-state index contributed by atoms with van der Waals surface area (Å²) in [5, 5.41) is 18.1. The molecule has 0 saturated heterocycles. The molecule has 4 nitrogen and oxygen atoms in total. The van der Waals surface area contributed by atoms with Crippen molar-refractivity contribution in [3.8, 4) is 12.1 Å². The Morgan fingerprint density at radius 2 is 1.11 bits per heavy atom. The average Bonchev–Trinajstić information content (AvgIpc) is 2.72. The van der Waals surface area contributed by atoms with E-state index in [2.05, 4.69) is 48.4 Å². The van der Waals surface area contributed by atoms with Crippen LogP contribution in [0.2, 0.25) is 0 Å². The molecule has 0 aromatic heterocycles. The van der Waals surface area contributed by atoms with Crippen molar-refractivity contribution in [1.29, 1.82) is 10.5 Å². The Morgan fingerprint density at radius 3 is 1.39 bits per heavy atom. The van der Waals surface area contributed by atoms with Gasteiger partial charge >= 0.3 is 0 Å². The molecule has 0 saturated carbocycles. The van der Waals surface area contributed by atoms with Gasteiger partial charge in [-0.1, -0.05) is 66.2 Å². The lowest BCUT2D eigenvalue weighted by atomic mass is 9.99. The molecule has 0 rings (SSSR count). The molecule has 0 aliphatic carbocycles. The zero-order chi connectivity index (χ0) is 21.0. The Kier molecular flexibility index (Phi) is 19.6. The first-order valence-electron chi connectivity index (χ1n) is 11.2. The minimum absolute atomic E-state index is 0.573. The fourth-order valence-corrected chi connectivity index (χ4v) is 5.61. The second-order valence-electron chi connectivity index (χ2n) is 7.57. The highest BCUT2D eigenvalue weighted by Crippen LogP contribution is 2.33. The lowest BCUT2D eigenvalue weighted by Gasteiger charge is -2.29. The normalized spacial score (nSPS) is 13.4. The van der Waals surface area contributed by atoms with E-state index >= 15 is 0 Å². The monoisotopic (exact) mass is 426 g/mol. The zero-order valence-electron chi connectivity index (χ0n) is 18.7. The average molecular weight is 427 g/mol. The highest BCUT2D eigenvalue weighted by atomic mass is 33.1. The maximum absolute atomic E-state index is 9.04. The van der Waals surface area contributed by atoms with Gasteiger partial charge in [-0.25, -0.2) is 8.61 Å². The van der Waals surface area contributed by atoms with Gasteiger partial charge in [0.1, 0.15) is 0 Å². The van der Waals surface area contributed by atoms with E-state index in [9.17, 15) is 0 Å². The van der Waals surface area contributed by atoms with Gasteiger partial charge in [0.2, 0.25) is 0 Å². The molecule has 0 spiro atoms. The van der Waals surface area contributed by atoms with Gasteiger partial charge in [-0.15, -0.1) is 0 Å². The molecule has 28 heavy (non-hydrogen) atoms. The number of rotatable bonds is 19. The van der Waals surface area contributed by atoms with Crippen LogP contribution in [0, 0.1) is 34.5 Å². The van der Waals surface area contributed by atoms with Crippen LogP contribution in [0.5, 0.6) is 0 Å². The maximum atomic E-state index is 9.04. The molecular formula is C22H42N4S2. The van der Waals surface area contributed by atoms with Crippen molar-refractivity contribution < 1.29 is 0 Å². The van der Waals surface area contributed by atoms with Crippen LogP contribution in [-0.4, -0.2) is 34.8 Å². The van der Waals surface area contributed by atoms with Crippen LogP contribution >= 0.6 is 22.0 Å². The van der Waals surface area contributed by atoms with Crippen molar-refractivity contribution in [3.63, 3.8) is 0 Å². The van der Waals surface area contributed by atoms with Crippen molar-refractivity contribution >= 4 is 22.0 Å². The third-order valence-corrected chi connectivity index (χ3v) is 7.82. The fourth-order valence-electron chi connectivity index (χ4n) is 3.17. The molecule has 6 heteroatoms. The number of hydrogen-bond acceptors (Lipinski definition) is 6. The van der Waals surface area contributed by atoms with Crippen LogP contribution in [0.1, 0.15) is 91.9 Å². The topological polar surface area (TPSA) is 54.1 Å². The van der Waals surface area contributed by atoms with Gasteiger partial charge in [-0.3, -0.25) is 0 Å². The van der Waals surface area contributed by atoms with Crippen LogP contribution < -0.4 is 0 Å². The Morgan fingerprint density at radius 1 is 0.714 bits per heavy atom. The van der Waals surface area contributed by atoms with E-state index in [-0.39, 0.29) is 0 Å². The fraction of sp³-hybridized carbons (Fsp3) is 0.909. The second kappa shape index (κ2) is 19.9. The molecule has 0 aromatic carbocycles. The van der Waals surface area contributed by atoms with E-state index in [1.165, 1.54) is 51.4 Å². The number of unbranched alkanes of at least 4 members (excludes halogenated alkanes) is 2. The Labute approximate surface area is 183 Å². The number of hydrogen-bond donors (Lipinski definition) is 0. The van der Waals surface area contributed by atoms with E-state index in [1.807, 2.05) is 0 Å². The summed E-state index contributed by atoms with van der Waals surface area (Å²) < 4.78 is 4.76. The van der Waals surface area contributed by atoms with E-state index in [0.29, 0.717) is 24.7 Å². The summed E-state index contributed by atoms with van der Waals surface area (Å²) in [4.78, 5) is 0. The van der Waals surface area contributed by atoms with E-state index in [0.717, 1.165) is 26.2 Å². The van der Waals surface area contributed by atoms with Crippen molar-refractivity contribution in [2.24, 2.45) is 11.8 Å². The second-order valence-corrected chi connectivity index (χ2v) is 9.80. The van der Waals surface area contributed by atoms with E-state index in [4.69, 9.17) is 10.5 Å². The molecule has 0 N–H and O–H groups in total. The lowest BCUT2D eigenvalue weighted by molar-refractivity contribution is 0.340. The summed E-state index contributed by atoms with van der Waals surface area (Å²) in [6.07, 6.45) is 11.1. The zero-order valence-corrected chi connectivity index (χ0v) is 20.3. The summed E-state index contributed by atoms with van der Waals surface area (Å²) in [7, 11) is 3.58. The quantitative estimate of drug-likeness (QED) is 0.163. The van der Waals surface area contributed by atoms with Gasteiger partial charge < -0.3 is 0 Å². The molecule has 0 radical (unpaired) electrons. The first-order valence-corrected chi connectivity index (χ1v) is 13.3. The minimum atomic E-state index is 0.573. The van der Waals surface area contributed by atoms with E-state index < -0.39 is 0 Å². The molecule has 2 atom stereocenters. The molecule has 0 bridgehead atoms. The SMILES string of the molecule is CCCCC(CC)CN(CCC#N)SSN(CCC#N)CC(CC)CCCC. The van der Waals surface area contributed by atoms with Gasteiger partial charge in [0.15, 0.2) is 0 Å². The summed E-state index contributed by atoms with van der Waals surface area (Å²) in [5.41, 5.74) is 0. The Balaban J connectivity index is 4.78. The highest BCUT2D eigenvalue weighted by Gasteiger charge is 2.18. The summed E-state index contributed by atoms with van der Waals surface area (Å²) in [5.74, 6) is 1.40. The largest absolute Gasteiger partial charge is 0.239 e. The van der Waals surface area contributed by atoms with Gasteiger partial charge in [0.25, 0.3) is 0 Å². The summed E-state index contributed by atoms with van der Waals surface area (Å²) in [6.45, 7) is 12.8. The molecule has 0 fully saturated rings. The molecule has 0 heterocycles. The Bertz CT molecular complexity index is 393. The molecule has 2 unspecified atom stereocenters. The predicted octanol–water partition coefficient (Wildman–Crippen LogP) is 7.06. The van der Waals surface area contributed by atoms with Crippen molar-refractivity contribution in [2.75, 3.05) is 26.2 Å². The molecule has 0 aliphatic rings. The molecule has 0 aromatic rings. The third-order valence-electron chi connectivity index (χ3n) is 5.20. The maximum Gasteiger partial charge on any atom is 0.0635 e. The molecule has 162 valence electrons. The van der Waals surface area contributed by atoms with Crippen molar-refractivity contribution in [2.45, 2.75) is 91.9 Å². The van der Waals surface area contributed by atoms with Gasteiger partial charge in [-0.2, -0.15) is 10.5 Å². The van der Waals surface area contributed by atoms with Crippen LogP contribution in [0.15, 0.2) is 0 Å². The van der Waals surface area contributed by atoms with Gasteiger partial charge in [0, 0.05) is 61.0 Å². The Hall–Kier alpha value is -0.400. The van der Waals surface area contributed by atoms with Crippen molar-refractivity contribution in [3.05, 3.63) is 0 Å². The lowest BCUT2D eigenvalue weighted by Crippen LogP contribution is -2.27. The smallest absolute Gasteiger partial charge is 0.0635 e. The molecule has 0 amide bonds. The van der Waals surface area contributed by atoms with Gasteiger partial charge in [-0.05, 0) is 24.7 Å². The molecular weight excluding hydrogens is 384 g/mol. The van der Waals surface area contributed by atoms with Crippen LogP contribution in [0.25, 0.3) is 0 Å². The van der Waals surface area contributed by atoms with Crippen LogP contribution in [-0.2, 0) is 0 Å². The van der Waals surface area contributed by atoms with E-state index in [1.54, 1.807) is 22.0 Å². The molecule has 0 aliphatic heterocycles. The number of nitrogens with zero attached hydrogens (tertiary/aromatic N) is 4. The first kappa shape index (κ1) is 27.6. The first-order chi connectivity index (χ1) is 13.6.